The van der Waals surface area contributed by atoms with E-state index in [1.807, 2.05) is 50.2 Å². The molecular formula is C15H13NO. The molecule has 3 rings (SSSR count). The van der Waals surface area contributed by atoms with Gasteiger partial charge < -0.3 is 4.98 Å². The van der Waals surface area contributed by atoms with Crippen molar-refractivity contribution in [2.45, 2.75) is 13.8 Å². The van der Waals surface area contributed by atoms with Crippen molar-refractivity contribution < 1.29 is 0 Å². The van der Waals surface area contributed by atoms with Gasteiger partial charge in [-0.1, -0.05) is 24.3 Å². The zero-order valence-electron chi connectivity index (χ0n) is 9.87. The minimum absolute atomic E-state index is 0.112. The molecule has 0 atom stereocenters. The van der Waals surface area contributed by atoms with E-state index in [0.717, 1.165) is 32.9 Å². The molecule has 2 aromatic carbocycles. The van der Waals surface area contributed by atoms with Crippen LogP contribution in [0.3, 0.4) is 0 Å². The van der Waals surface area contributed by atoms with Crippen LogP contribution in [0.4, 0.5) is 0 Å². The Hall–Kier alpha value is -2.09. The summed E-state index contributed by atoms with van der Waals surface area (Å²) in [7, 11) is 0. The lowest BCUT2D eigenvalue weighted by atomic mass is 10.1. The SMILES string of the molecule is Cc1cccc2c(=O)c3cccc(C)c3[nH]c12. The molecule has 0 aliphatic carbocycles. The third-order valence-corrected chi connectivity index (χ3v) is 3.28. The van der Waals surface area contributed by atoms with Crippen LogP contribution in [-0.4, -0.2) is 4.98 Å². The fourth-order valence-corrected chi connectivity index (χ4v) is 2.32. The molecule has 3 aromatic rings. The van der Waals surface area contributed by atoms with E-state index in [1.165, 1.54) is 0 Å². The fourth-order valence-electron chi connectivity index (χ4n) is 2.32. The first-order chi connectivity index (χ1) is 8.18. The molecule has 0 radical (unpaired) electrons. The van der Waals surface area contributed by atoms with Gasteiger partial charge in [0.2, 0.25) is 0 Å². The van der Waals surface area contributed by atoms with E-state index in [0.29, 0.717) is 0 Å². The van der Waals surface area contributed by atoms with Crippen LogP contribution in [0.5, 0.6) is 0 Å². The Morgan fingerprint density at radius 3 is 1.76 bits per heavy atom. The highest BCUT2D eigenvalue weighted by Gasteiger charge is 2.07. The summed E-state index contributed by atoms with van der Waals surface area (Å²) in [5, 5.41) is 1.53. The molecule has 0 aliphatic heterocycles. The molecule has 2 nitrogen and oxygen atoms in total. The normalized spacial score (nSPS) is 11.2. The molecule has 1 aromatic heterocycles. The zero-order valence-corrected chi connectivity index (χ0v) is 9.87. The second-order valence-corrected chi connectivity index (χ2v) is 4.45. The lowest BCUT2D eigenvalue weighted by Gasteiger charge is -2.06. The van der Waals surface area contributed by atoms with Gasteiger partial charge in [0, 0.05) is 10.8 Å². The molecule has 17 heavy (non-hydrogen) atoms. The molecule has 0 fully saturated rings. The predicted octanol–water partition coefficient (Wildman–Crippen LogP) is 3.30. The Morgan fingerprint density at radius 2 is 1.29 bits per heavy atom. The third kappa shape index (κ3) is 1.37. The third-order valence-electron chi connectivity index (χ3n) is 3.28. The van der Waals surface area contributed by atoms with Crippen LogP contribution in [0.15, 0.2) is 41.2 Å². The first-order valence-electron chi connectivity index (χ1n) is 5.69. The number of aromatic amines is 1. The highest BCUT2D eigenvalue weighted by molar-refractivity contribution is 5.94. The summed E-state index contributed by atoms with van der Waals surface area (Å²) in [6.07, 6.45) is 0. The molecule has 0 saturated carbocycles. The number of aromatic nitrogens is 1. The van der Waals surface area contributed by atoms with Crippen molar-refractivity contribution >= 4 is 21.8 Å². The molecule has 84 valence electrons. The lowest BCUT2D eigenvalue weighted by molar-refractivity contribution is 1.38. The summed E-state index contributed by atoms with van der Waals surface area (Å²) >= 11 is 0. The van der Waals surface area contributed by atoms with Gasteiger partial charge in [-0.15, -0.1) is 0 Å². The first kappa shape index (κ1) is 10.1. The Balaban J connectivity index is 2.68. The summed E-state index contributed by atoms with van der Waals surface area (Å²) in [4.78, 5) is 15.8. The molecule has 0 aliphatic rings. The van der Waals surface area contributed by atoms with E-state index < -0.39 is 0 Å². The predicted molar refractivity (Wildman–Crippen MR) is 71.5 cm³/mol. The quantitative estimate of drug-likeness (QED) is 0.583. The Morgan fingerprint density at radius 1 is 0.824 bits per heavy atom. The van der Waals surface area contributed by atoms with Crippen molar-refractivity contribution in [3.63, 3.8) is 0 Å². The van der Waals surface area contributed by atoms with Crippen LogP contribution in [0.1, 0.15) is 11.1 Å². The van der Waals surface area contributed by atoms with Crippen molar-refractivity contribution in [2.24, 2.45) is 0 Å². The van der Waals surface area contributed by atoms with Gasteiger partial charge in [-0.2, -0.15) is 0 Å². The van der Waals surface area contributed by atoms with Crippen molar-refractivity contribution in [2.75, 3.05) is 0 Å². The van der Waals surface area contributed by atoms with E-state index >= 15 is 0 Å². The van der Waals surface area contributed by atoms with E-state index in [2.05, 4.69) is 4.98 Å². The second kappa shape index (κ2) is 3.45. The topological polar surface area (TPSA) is 32.9 Å². The Labute approximate surface area is 98.9 Å². The van der Waals surface area contributed by atoms with Crippen molar-refractivity contribution in [1.29, 1.82) is 0 Å². The zero-order chi connectivity index (χ0) is 12.0. The summed E-state index contributed by atoms with van der Waals surface area (Å²) in [6.45, 7) is 4.03. The number of hydrogen-bond acceptors (Lipinski definition) is 1. The van der Waals surface area contributed by atoms with Crippen molar-refractivity contribution in [3.05, 3.63) is 57.7 Å². The number of hydrogen-bond donors (Lipinski definition) is 1. The van der Waals surface area contributed by atoms with Crippen LogP contribution in [0.25, 0.3) is 21.8 Å². The van der Waals surface area contributed by atoms with Gasteiger partial charge in [0.25, 0.3) is 0 Å². The van der Waals surface area contributed by atoms with Crippen molar-refractivity contribution in [3.8, 4) is 0 Å². The number of nitrogens with one attached hydrogen (secondary N) is 1. The summed E-state index contributed by atoms with van der Waals surface area (Å²) in [5.74, 6) is 0. The highest BCUT2D eigenvalue weighted by atomic mass is 16.1. The molecule has 0 unspecified atom stereocenters. The monoisotopic (exact) mass is 223 g/mol. The maximum absolute atomic E-state index is 12.4. The molecule has 0 bridgehead atoms. The first-order valence-corrected chi connectivity index (χ1v) is 5.69. The van der Waals surface area contributed by atoms with Crippen LogP contribution in [0, 0.1) is 13.8 Å². The maximum atomic E-state index is 12.4. The van der Waals surface area contributed by atoms with E-state index in [-0.39, 0.29) is 5.43 Å². The number of rotatable bonds is 0. The van der Waals surface area contributed by atoms with Gasteiger partial charge >= 0.3 is 0 Å². The standard InChI is InChI=1S/C15H13NO/c1-9-5-3-7-11-13(9)16-14-10(2)6-4-8-12(14)15(11)17/h3-8H,1-2H3,(H,16,17). The summed E-state index contributed by atoms with van der Waals surface area (Å²) in [6, 6.07) is 11.6. The van der Waals surface area contributed by atoms with Crippen LogP contribution in [-0.2, 0) is 0 Å². The molecule has 0 spiro atoms. The average Bonchev–Trinajstić information content (AvgIpc) is 2.32. The fraction of sp³-hybridized carbons (Fsp3) is 0.133. The van der Waals surface area contributed by atoms with Gasteiger partial charge in [-0.3, -0.25) is 4.79 Å². The second-order valence-electron chi connectivity index (χ2n) is 4.45. The Kier molecular flexibility index (Phi) is 2.05. The number of H-pyrrole nitrogens is 1. The molecule has 2 heteroatoms. The Bertz CT molecular complexity index is 721. The van der Waals surface area contributed by atoms with E-state index in [9.17, 15) is 4.79 Å². The minimum Gasteiger partial charge on any atom is -0.354 e. The van der Waals surface area contributed by atoms with Gasteiger partial charge in [-0.05, 0) is 37.1 Å². The van der Waals surface area contributed by atoms with Gasteiger partial charge in [-0.25, -0.2) is 0 Å². The van der Waals surface area contributed by atoms with E-state index in [4.69, 9.17) is 0 Å². The van der Waals surface area contributed by atoms with Crippen LogP contribution >= 0.6 is 0 Å². The summed E-state index contributed by atoms with van der Waals surface area (Å²) < 4.78 is 0. The molecule has 0 amide bonds. The van der Waals surface area contributed by atoms with Gasteiger partial charge in [0.05, 0.1) is 11.0 Å². The molecule has 0 saturated heterocycles. The maximum Gasteiger partial charge on any atom is 0.197 e. The average molecular weight is 223 g/mol. The molecule has 1 N–H and O–H groups in total. The molecular weight excluding hydrogens is 210 g/mol. The van der Waals surface area contributed by atoms with Crippen LogP contribution < -0.4 is 5.43 Å². The smallest absolute Gasteiger partial charge is 0.197 e. The van der Waals surface area contributed by atoms with Gasteiger partial charge in [0.1, 0.15) is 0 Å². The highest BCUT2D eigenvalue weighted by Crippen LogP contribution is 2.19. The van der Waals surface area contributed by atoms with Gasteiger partial charge in [0.15, 0.2) is 5.43 Å². The van der Waals surface area contributed by atoms with Crippen molar-refractivity contribution in [1.82, 2.24) is 4.98 Å². The summed E-state index contributed by atoms with van der Waals surface area (Å²) in [5.41, 5.74) is 4.20. The number of para-hydroxylation sites is 2. The van der Waals surface area contributed by atoms with Crippen LogP contribution in [0.2, 0.25) is 0 Å². The number of pyridine rings is 1. The number of fused-ring (bicyclic) bond motifs is 2. The molecule has 1 heterocycles. The largest absolute Gasteiger partial charge is 0.354 e. The lowest BCUT2D eigenvalue weighted by Crippen LogP contribution is -2.05. The number of benzene rings is 2. The van der Waals surface area contributed by atoms with E-state index in [1.54, 1.807) is 0 Å². The number of aryl methyl sites for hydroxylation is 2. The minimum atomic E-state index is 0.112.